The van der Waals surface area contributed by atoms with Crippen LogP contribution < -0.4 is 4.90 Å². The fraction of sp³-hybridized carbons (Fsp3) is 0.281. The molecule has 1 fully saturated rings. The smallest absolute Gasteiger partial charge is 0.419 e. The molecule has 3 aromatic carbocycles. The lowest BCUT2D eigenvalue weighted by Crippen LogP contribution is -2.27. The number of hydrogen-bond donors (Lipinski definition) is 0. The Labute approximate surface area is 240 Å². The number of hydrogen-bond acceptors (Lipinski definition) is 6. The number of benzene rings is 3. The van der Waals surface area contributed by atoms with Gasteiger partial charge in [0.15, 0.2) is 5.76 Å². The van der Waals surface area contributed by atoms with Gasteiger partial charge < -0.3 is 14.0 Å². The molecule has 0 saturated heterocycles. The van der Waals surface area contributed by atoms with Crippen molar-refractivity contribution in [2.24, 2.45) is 0 Å². The Kier molecular flexibility index (Phi) is 7.81. The predicted octanol–water partition coefficient (Wildman–Crippen LogP) is 8.23. The summed E-state index contributed by atoms with van der Waals surface area (Å²) in [6, 6.07) is 19.4. The molecule has 1 aliphatic carbocycles. The van der Waals surface area contributed by atoms with Gasteiger partial charge in [-0.1, -0.05) is 53.7 Å². The maximum Gasteiger partial charge on any atom is 0.419 e. The summed E-state index contributed by atoms with van der Waals surface area (Å²) in [7, 11) is 0. The first-order chi connectivity index (χ1) is 20.1. The first-order valence-corrected chi connectivity index (χ1v) is 13.6. The van der Waals surface area contributed by atoms with Gasteiger partial charge in [0.25, 0.3) is 0 Å². The van der Waals surface area contributed by atoms with Gasteiger partial charge in [-0.3, -0.25) is 4.79 Å². The molecule has 1 aliphatic rings. The van der Waals surface area contributed by atoms with Gasteiger partial charge in [-0.15, -0.1) is 0 Å². The molecule has 0 aliphatic heterocycles. The Balaban J connectivity index is 1.44. The molecule has 0 unspecified atom stereocenters. The minimum absolute atomic E-state index is 0.0595. The maximum atomic E-state index is 13.2. The van der Waals surface area contributed by atoms with Crippen molar-refractivity contribution >= 4 is 23.4 Å². The van der Waals surface area contributed by atoms with Crippen molar-refractivity contribution in [3.63, 3.8) is 0 Å². The van der Waals surface area contributed by atoms with Crippen LogP contribution >= 0.6 is 0 Å². The summed E-state index contributed by atoms with van der Waals surface area (Å²) in [6.07, 6.45) is -3.76. The molecule has 4 aromatic rings. The van der Waals surface area contributed by atoms with Crippen LogP contribution in [0.5, 0.6) is 0 Å². The van der Waals surface area contributed by atoms with Crippen LogP contribution in [0.3, 0.4) is 0 Å². The fourth-order valence-corrected chi connectivity index (χ4v) is 4.93. The number of nitrogens with zero attached hydrogens (tertiary/aromatic N) is 2. The molecule has 42 heavy (non-hydrogen) atoms. The van der Waals surface area contributed by atoms with E-state index in [1.807, 2.05) is 48.5 Å². The molecule has 0 spiro atoms. The largest absolute Gasteiger partial charge is 0.465 e. The number of carbonyl (C=O) groups excluding carboxylic acids is 2. The second-order valence-electron chi connectivity index (χ2n) is 9.98. The monoisotopic (exact) mass is 578 g/mol. The number of halogens is 3. The summed E-state index contributed by atoms with van der Waals surface area (Å²) in [6.45, 7) is 5.48. The minimum Gasteiger partial charge on any atom is -0.465 e. The summed E-state index contributed by atoms with van der Waals surface area (Å²) >= 11 is 0. The second-order valence-corrected chi connectivity index (χ2v) is 9.98. The average Bonchev–Trinajstić information content (AvgIpc) is 3.71. The summed E-state index contributed by atoms with van der Waals surface area (Å²) in [4.78, 5) is 26.7. The number of amides is 1. The Morgan fingerprint density at radius 1 is 0.857 bits per heavy atom. The molecule has 0 atom stereocenters. The van der Waals surface area contributed by atoms with Gasteiger partial charge in [0, 0.05) is 5.56 Å². The highest BCUT2D eigenvalue weighted by molar-refractivity contribution is 6.00. The van der Waals surface area contributed by atoms with Crippen LogP contribution in [0.15, 0.2) is 77.3 Å². The maximum absolute atomic E-state index is 13.2. The third-order valence-corrected chi connectivity index (χ3v) is 7.29. The van der Waals surface area contributed by atoms with Crippen molar-refractivity contribution < 1.29 is 36.8 Å². The molecule has 1 heterocycles. The van der Waals surface area contributed by atoms with Crippen molar-refractivity contribution in [1.29, 1.82) is 0 Å². The van der Waals surface area contributed by atoms with E-state index < -0.39 is 23.2 Å². The first-order valence-electron chi connectivity index (χ1n) is 13.6. The van der Waals surface area contributed by atoms with Gasteiger partial charge in [0.05, 0.1) is 29.9 Å². The number of esters is 1. The summed E-state index contributed by atoms with van der Waals surface area (Å²) in [5.41, 5.74) is 2.79. The normalized spacial score (nSPS) is 13.9. The lowest BCUT2D eigenvalue weighted by molar-refractivity contribution is -0.146. The van der Waals surface area contributed by atoms with Crippen molar-refractivity contribution in [2.45, 2.75) is 45.2 Å². The van der Waals surface area contributed by atoms with Gasteiger partial charge in [0.2, 0.25) is 0 Å². The highest BCUT2D eigenvalue weighted by atomic mass is 19.4. The van der Waals surface area contributed by atoms with E-state index in [0.29, 0.717) is 17.9 Å². The molecule has 0 bridgehead atoms. The van der Waals surface area contributed by atoms with Crippen molar-refractivity contribution in [2.75, 3.05) is 18.1 Å². The zero-order valence-corrected chi connectivity index (χ0v) is 23.3. The van der Waals surface area contributed by atoms with Crippen LogP contribution in [0.4, 0.5) is 29.3 Å². The van der Waals surface area contributed by atoms with E-state index in [4.69, 9.17) is 14.0 Å². The molecule has 1 amide bonds. The molecule has 1 aromatic heterocycles. The van der Waals surface area contributed by atoms with E-state index >= 15 is 0 Å². The van der Waals surface area contributed by atoms with E-state index in [2.05, 4.69) is 5.16 Å². The van der Waals surface area contributed by atoms with Crippen LogP contribution in [-0.2, 0) is 25.9 Å². The average molecular weight is 579 g/mol. The number of ether oxygens (including phenoxy) is 2. The zero-order chi connectivity index (χ0) is 30.1. The Bertz CT molecular complexity index is 1570. The van der Waals surface area contributed by atoms with Crippen LogP contribution in [-0.4, -0.2) is 30.4 Å². The molecule has 5 rings (SSSR count). The lowest BCUT2D eigenvalue weighted by Gasteiger charge is -2.22. The third kappa shape index (κ3) is 5.48. The molecule has 218 valence electrons. The predicted molar refractivity (Wildman–Crippen MR) is 150 cm³/mol. The zero-order valence-electron chi connectivity index (χ0n) is 23.3. The van der Waals surface area contributed by atoms with Crippen LogP contribution in [0.2, 0.25) is 0 Å². The van der Waals surface area contributed by atoms with Gasteiger partial charge >= 0.3 is 18.2 Å². The Morgan fingerprint density at radius 2 is 1.40 bits per heavy atom. The van der Waals surface area contributed by atoms with E-state index in [-0.39, 0.29) is 29.7 Å². The van der Waals surface area contributed by atoms with Gasteiger partial charge in [-0.25, -0.2) is 9.69 Å². The van der Waals surface area contributed by atoms with Gasteiger partial charge in [-0.05, 0) is 74.6 Å². The molecular weight excluding hydrogens is 549 g/mol. The SMILES string of the molecule is CCOC(=O)N(c1ccc(C(F)(F)F)cc1)c1c(C)noc1-c1ccc(-c2ccc(C3(C(=O)OCC)CC3)cc2)cc1. The number of alkyl halides is 3. The van der Waals surface area contributed by atoms with E-state index in [1.165, 1.54) is 12.1 Å². The van der Waals surface area contributed by atoms with E-state index in [1.54, 1.807) is 20.8 Å². The lowest BCUT2D eigenvalue weighted by atomic mass is 9.93. The van der Waals surface area contributed by atoms with Crippen LogP contribution in [0, 0.1) is 6.92 Å². The Hall–Kier alpha value is -4.60. The highest BCUT2D eigenvalue weighted by Crippen LogP contribution is 2.49. The number of aromatic nitrogens is 1. The quantitative estimate of drug-likeness (QED) is 0.196. The van der Waals surface area contributed by atoms with E-state index in [0.717, 1.165) is 46.6 Å². The molecular formula is C32H29F3N2O5. The molecule has 1 saturated carbocycles. The first kappa shape index (κ1) is 28.9. The van der Waals surface area contributed by atoms with Gasteiger partial charge in [0.1, 0.15) is 11.4 Å². The Morgan fingerprint density at radius 3 is 1.93 bits per heavy atom. The molecule has 0 N–H and O–H groups in total. The molecule has 7 nitrogen and oxygen atoms in total. The third-order valence-electron chi connectivity index (χ3n) is 7.29. The standard InChI is InChI=1S/C32H29F3N2O5/c1-4-40-29(38)31(18-19-31)24-12-10-22(11-13-24)21-6-8-23(9-7-21)28-27(20(3)36-42-28)37(30(39)41-5-2)26-16-14-25(15-17-26)32(33,34)35/h6-17H,4-5,18-19H2,1-3H3. The van der Waals surface area contributed by atoms with Crippen molar-refractivity contribution in [3.8, 4) is 22.5 Å². The highest BCUT2D eigenvalue weighted by Gasteiger charge is 2.52. The number of anilines is 2. The number of carbonyl (C=O) groups is 2. The molecule has 10 heteroatoms. The minimum atomic E-state index is -4.52. The fourth-order valence-electron chi connectivity index (χ4n) is 4.93. The van der Waals surface area contributed by atoms with E-state index in [9.17, 15) is 22.8 Å². The number of aryl methyl sites for hydroxylation is 1. The topological polar surface area (TPSA) is 81.9 Å². The van der Waals surface area contributed by atoms with Crippen molar-refractivity contribution in [1.82, 2.24) is 5.16 Å². The summed E-state index contributed by atoms with van der Waals surface area (Å²) in [5, 5.41) is 4.04. The van der Waals surface area contributed by atoms with Crippen LogP contribution in [0.25, 0.3) is 22.5 Å². The van der Waals surface area contributed by atoms with Crippen LogP contribution in [0.1, 0.15) is 43.5 Å². The number of rotatable bonds is 8. The van der Waals surface area contributed by atoms with Gasteiger partial charge in [-0.2, -0.15) is 13.2 Å². The second kappa shape index (κ2) is 11.3. The summed E-state index contributed by atoms with van der Waals surface area (Å²) < 4.78 is 55.6. The van der Waals surface area contributed by atoms with Crippen molar-refractivity contribution in [3.05, 3.63) is 89.6 Å². The molecule has 0 radical (unpaired) electrons. The summed E-state index contributed by atoms with van der Waals surface area (Å²) in [5.74, 6) is 0.0703.